The van der Waals surface area contributed by atoms with Crippen LogP contribution in [0.5, 0.6) is 0 Å². The minimum absolute atomic E-state index is 0.0250. The van der Waals surface area contributed by atoms with Crippen LogP contribution in [0.4, 0.5) is 13.2 Å². The molecule has 0 aliphatic heterocycles. The van der Waals surface area contributed by atoms with Gasteiger partial charge in [0.15, 0.2) is 28.9 Å². The van der Waals surface area contributed by atoms with Crippen LogP contribution < -0.4 is 0 Å². The Labute approximate surface area is 109 Å². The van der Waals surface area contributed by atoms with Gasteiger partial charge < -0.3 is 0 Å². The zero-order valence-corrected chi connectivity index (χ0v) is 9.87. The lowest BCUT2D eigenvalue weighted by Crippen LogP contribution is -1.96. The quantitative estimate of drug-likeness (QED) is 0.645. The van der Waals surface area contributed by atoms with Gasteiger partial charge in [-0.3, -0.25) is 9.38 Å². The Morgan fingerprint density at radius 2 is 1.68 bits per heavy atom. The minimum Gasteiger partial charge on any atom is -0.262 e. The van der Waals surface area contributed by atoms with Crippen LogP contribution in [0.15, 0.2) is 24.5 Å². The average molecular weight is 285 g/mol. The highest BCUT2D eigenvalue weighted by Crippen LogP contribution is 2.24. The summed E-state index contributed by atoms with van der Waals surface area (Å²) in [5, 5.41) is 7.71. The fraction of sp³-hybridized carbons (Fsp3) is 0. The van der Waals surface area contributed by atoms with Gasteiger partial charge >= 0.3 is 0 Å². The van der Waals surface area contributed by atoms with E-state index in [9.17, 15) is 13.2 Å². The average Bonchev–Trinajstić information content (AvgIpc) is 2.80. The number of benzene rings is 1. The largest absolute Gasteiger partial charge is 0.262 e. The lowest BCUT2D eigenvalue weighted by Gasteiger charge is -2.03. The molecule has 4 nitrogen and oxygen atoms in total. The summed E-state index contributed by atoms with van der Waals surface area (Å²) in [5.41, 5.74) is 0.338. The molecule has 0 N–H and O–H groups in total. The lowest BCUT2D eigenvalue weighted by atomic mass is 10.2. The SMILES string of the molecule is Fc1cc(-c2nnc3cncc(Cl)n23)cc(F)c1F. The predicted octanol–water partition coefficient (Wildman–Crippen LogP) is 2.86. The van der Waals surface area contributed by atoms with Crippen LogP contribution in [0.3, 0.4) is 0 Å². The Morgan fingerprint density at radius 3 is 2.37 bits per heavy atom. The summed E-state index contributed by atoms with van der Waals surface area (Å²) < 4.78 is 40.7. The molecular weight excluding hydrogens is 281 g/mol. The zero-order valence-electron chi connectivity index (χ0n) is 9.11. The topological polar surface area (TPSA) is 43.1 Å². The van der Waals surface area contributed by atoms with E-state index in [-0.39, 0.29) is 16.5 Å². The maximum absolute atomic E-state index is 13.2. The van der Waals surface area contributed by atoms with E-state index in [0.29, 0.717) is 5.65 Å². The monoisotopic (exact) mass is 284 g/mol. The second-order valence-electron chi connectivity index (χ2n) is 3.70. The van der Waals surface area contributed by atoms with Crippen LogP contribution in [0.1, 0.15) is 0 Å². The van der Waals surface area contributed by atoms with Crippen molar-refractivity contribution in [2.24, 2.45) is 0 Å². The number of hydrogen-bond donors (Lipinski definition) is 0. The van der Waals surface area contributed by atoms with E-state index >= 15 is 0 Å². The Hall–Kier alpha value is -2.15. The van der Waals surface area contributed by atoms with Gasteiger partial charge in [0.05, 0.1) is 12.4 Å². The third kappa shape index (κ3) is 1.82. The highest BCUT2D eigenvalue weighted by molar-refractivity contribution is 6.29. The molecule has 2 aromatic heterocycles. The van der Waals surface area contributed by atoms with E-state index < -0.39 is 17.5 Å². The molecule has 3 rings (SSSR count). The van der Waals surface area contributed by atoms with Gasteiger partial charge in [0.25, 0.3) is 0 Å². The first-order chi connectivity index (χ1) is 9.08. The molecule has 0 fully saturated rings. The number of hydrogen-bond acceptors (Lipinski definition) is 3. The van der Waals surface area contributed by atoms with Gasteiger partial charge in [0, 0.05) is 5.56 Å². The van der Waals surface area contributed by atoms with Gasteiger partial charge in [-0.2, -0.15) is 0 Å². The van der Waals surface area contributed by atoms with Gasteiger partial charge in [-0.25, -0.2) is 13.2 Å². The number of rotatable bonds is 1. The van der Waals surface area contributed by atoms with Crippen molar-refractivity contribution in [3.63, 3.8) is 0 Å². The van der Waals surface area contributed by atoms with Gasteiger partial charge in [0.2, 0.25) is 0 Å². The van der Waals surface area contributed by atoms with E-state index in [1.165, 1.54) is 16.8 Å². The predicted molar refractivity (Wildman–Crippen MR) is 61.1 cm³/mol. The summed E-state index contributed by atoms with van der Waals surface area (Å²) in [6, 6.07) is 1.65. The molecule has 0 bridgehead atoms. The number of aromatic nitrogens is 4. The molecule has 0 radical (unpaired) electrons. The Bertz CT molecular complexity index is 764. The molecule has 0 aliphatic rings. The van der Waals surface area contributed by atoms with Crippen molar-refractivity contribution in [3.05, 3.63) is 47.1 Å². The van der Waals surface area contributed by atoms with Gasteiger partial charge in [0.1, 0.15) is 5.15 Å². The maximum atomic E-state index is 13.2. The van der Waals surface area contributed by atoms with Crippen molar-refractivity contribution >= 4 is 17.2 Å². The molecule has 0 atom stereocenters. The summed E-state index contributed by atoms with van der Waals surface area (Å²) in [5.74, 6) is -4.06. The van der Waals surface area contributed by atoms with Crippen molar-refractivity contribution < 1.29 is 13.2 Å². The van der Waals surface area contributed by atoms with Gasteiger partial charge in [-0.1, -0.05) is 11.6 Å². The fourth-order valence-corrected chi connectivity index (χ4v) is 1.91. The third-order valence-electron chi connectivity index (χ3n) is 2.51. The molecule has 19 heavy (non-hydrogen) atoms. The molecule has 1 aromatic carbocycles. The standard InChI is InChI=1S/C11H4ClF3N4/c12-8-3-16-4-9-17-18-11(19(8)9)5-1-6(13)10(15)7(14)2-5/h1-4H. The van der Waals surface area contributed by atoms with E-state index in [1.807, 2.05) is 0 Å². The second kappa shape index (κ2) is 4.20. The molecular formula is C11H4ClF3N4. The normalized spacial score (nSPS) is 11.2. The Morgan fingerprint density at radius 1 is 1.00 bits per heavy atom. The van der Waals surface area contributed by atoms with Crippen LogP contribution in [0.2, 0.25) is 5.15 Å². The van der Waals surface area contributed by atoms with Crippen LogP contribution in [-0.4, -0.2) is 19.6 Å². The number of halogens is 4. The maximum Gasteiger partial charge on any atom is 0.194 e. The summed E-state index contributed by atoms with van der Waals surface area (Å²) >= 11 is 5.92. The first-order valence-corrected chi connectivity index (χ1v) is 5.45. The van der Waals surface area contributed by atoms with Gasteiger partial charge in [-0.15, -0.1) is 10.2 Å². The van der Waals surface area contributed by atoms with Crippen LogP contribution in [0.25, 0.3) is 17.0 Å². The highest BCUT2D eigenvalue weighted by atomic mass is 35.5. The van der Waals surface area contributed by atoms with Crippen molar-refractivity contribution in [1.29, 1.82) is 0 Å². The van der Waals surface area contributed by atoms with Crippen molar-refractivity contribution in [2.45, 2.75) is 0 Å². The summed E-state index contributed by atoms with van der Waals surface area (Å²) in [4.78, 5) is 3.81. The molecule has 0 amide bonds. The second-order valence-corrected chi connectivity index (χ2v) is 4.09. The molecule has 8 heteroatoms. The lowest BCUT2D eigenvalue weighted by molar-refractivity contribution is 0.447. The molecule has 3 aromatic rings. The zero-order chi connectivity index (χ0) is 13.6. The van der Waals surface area contributed by atoms with Crippen molar-refractivity contribution in [2.75, 3.05) is 0 Å². The molecule has 96 valence electrons. The molecule has 0 aliphatic carbocycles. The highest BCUT2D eigenvalue weighted by Gasteiger charge is 2.16. The summed E-state index contributed by atoms with van der Waals surface area (Å²) in [6.45, 7) is 0. The fourth-order valence-electron chi connectivity index (χ4n) is 1.69. The van der Waals surface area contributed by atoms with E-state index in [0.717, 1.165) is 12.1 Å². The Kier molecular flexibility index (Phi) is 2.63. The summed E-state index contributed by atoms with van der Waals surface area (Å²) in [6.07, 6.45) is 2.72. The van der Waals surface area contributed by atoms with Crippen LogP contribution in [-0.2, 0) is 0 Å². The molecule has 0 spiro atoms. The van der Waals surface area contributed by atoms with Crippen LogP contribution in [0, 0.1) is 17.5 Å². The van der Waals surface area contributed by atoms with Crippen molar-refractivity contribution in [3.8, 4) is 11.4 Å². The van der Waals surface area contributed by atoms with Gasteiger partial charge in [-0.05, 0) is 12.1 Å². The first kappa shape index (κ1) is 11.9. The number of nitrogens with zero attached hydrogens (tertiary/aromatic N) is 4. The third-order valence-corrected chi connectivity index (χ3v) is 2.78. The minimum atomic E-state index is -1.54. The molecule has 0 saturated carbocycles. The van der Waals surface area contributed by atoms with E-state index in [2.05, 4.69) is 15.2 Å². The van der Waals surface area contributed by atoms with E-state index in [1.54, 1.807) is 0 Å². The molecule has 0 saturated heterocycles. The number of fused-ring (bicyclic) bond motifs is 1. The van der Waals surface area contributed by atoms with Crippen LogP contribution >= 0.6 is 11.6 Å². The first-order valence-electron chi connectivity index (χ1n) is 5.07. The van der Waals surface area contributed by atoms with Crippen molar-refractivity contribution in [1.82, 2.24) is 19.6 Å². The Balaban J connectivity index is 2.31. The summed E-state index contributed by atoms with van der Waals surface area (Å²) in [7, 11) is 0. The molecule has 2 heterocycles. The smallest absolute Gasteiger partial charge is 0.194 e. The van der Waals surface area contributed by atoms with E-state index in [4.69, 9.17) is 11.6 Å². The molecule has 0 unspecified atom stereocenters.